The molecule has 0 amide bonds. The monoisotopic (exact) mass is 250 g/mol. The van der Waals surface area contributed by atoms with Crippen molar-refractivity contribution in [3.63, 3.8) is 0 Å². The first kappa shape index (κ1) is 12.8. The minimum atomic E-state index is -1.22. The lowest BCUT2D eigenvalue weighted by Crippen LogP contribution is -2.50. The molecule has 0 unspecified atom stereocenters. The topological polar surface area (TPSA) is 39.6 Å². The van der Waals surface area contributed by atoms with Crippen molar-refractivity contribution in [1.29, 1.82) is 5.26 Å². The van der Waals surface area contributed by atoms with Crippen LogP contribution in [0.25, 0.3) is 6.08 Å². The van der Waals surface area contributed by atoms with E-state index in [0.29, 0.717) is 25.0 Å². The Kier molecular flexibility index (Phi) is 2.81. The quantitative estimate of drug-likeness (QED) is 0.869. The van der Waals surface area contributed by atoms with E-state index in [2.05, 4.69) is 11.6 Å². The number of alkyl halides is 1. The Bertz CT molecular complexity index is 527. The number of aromatic nitrogens is 1. The number of hydrogen-bond acceptors (Lipinski definition) is 1. The first-order valence-corrected chi connectivity index (χ1v) is 6.02. The van der Waals surface area contributed by atoms with Gasteiger partial charge in [-0.15, -0.1) is 0 Å². The Hall–Kier alpha value is -1.63. The third kappa shape index (κ3) is 1.66. The fourth-order valence-electron chi connectivity index (χ4n) is 3.10. The van der Waals surface area contributed by atoms with Gasteiger partial charge >= 0.3 is 0 Å². The van der Waals surface area contributed by atoms with Crippen molar-refractivity contribution in [2.24, 2.45) is 0 Å². The molecule has 1 aliphatic carbocycles. The summed E-state index contributed by atoms with van der Waals surface area (Å²) in [5, 5.41) is 9.08. The molecule has 1 aromatic heterocycles. The maximum atomic E-state index is 13.9. The van der Waals surface area contributed by atoms with E-state index in [1.807, 2.05) is 13.0 Å². The molecular formula is C14H16F2N2. The summed E-state index contributed by atoms with van der Waals surface area (Å²) < 4.78 is 27.7. The highest BCUT2D eigenvalue weighted by Crippen LogP contribution is 2.55. The Morgan fingerprint density at radius 2 is 2.17 bits per heavy atom. The molecule has 0 bridgehead atoms. The predicted octanol–water partition coefficient (Wildman–Crippen LogP) is 3.84. The third-order valence-electron chi connectivity index (χ3n) is 3.90. The molecule has 1 aliphatic rings. The van der Waals surface area contributed by atoms with Crippen molar-refractivity contribution in [1.82, 2.24) is 4.98 Å². The summed E-state index contributed by atoms with van der Waals surface area (Å²) in [6.07, 6.45) is 2.66. The summed E-state index contributed by atoms with van der Waals surface area (Å²) in [7, 11) is 0. The molecule has 0 saturated heterocycles. The van der Waals surface area contributed by atoms with Gasteiger partial charge in [0.2, 0.25) is 0 Å². The summed E-state index contributed by atoms with van der Waals surface area (Å²) >= 11 is 0. The lowest BCUT2D eigenvalue weighted by Gasteiger charge is -2.49. The van der Waals surface area contributed by atoms with E-state index in [4.69, 9.17) is 5.26 Å². The van der Waals surface area contributed by atoms with E-state index in [1.165, 1.54) is 6.08 Å². The highest BCUT2D eigenvalue weighted by molar-refractivity contribution is 5.53. The van der Waals surface area contributed by atoms with Gasteiger partial charge in [-0.05, 0) is 32.3 Å². The van der Waals surface area contributed by atoms with Crippen molar-refractivity contribution >= 4 is 6.08 Å². The van der Waals surface area contributed by atoms with Crippen molar-refractivity contribution in [3.8, 4) is 6.07 Å². The van der Waals surface area contributed by atoms with Gasteiger partial charge in [-0.3, -0.25) is 0 Å². The lowest BCUT2D eigenvalue weighted by molar-refractivity contribution is -0.00644. The third-order valence-corrected chi connectivity index (χ3v) is 3.90. The van der Waals surface area contributed by atoms with Crippen molar-refractivity contribution in [2.45, 2.75) is 44.2 Å². The van der Waals surface area contributed by atoms with Crippen LogP contribution in [0.15, 0.2) is 6.58 Å². The van der Waals surface area contributed by atoms with Gasteiger partial charge in [0.1, 0.15) is 17.3 Å². The fraction of sp³-hybridized carbons (Fsp3) is 0.500. The first-order valence-electron chi connectivity index (χ1n) is 6.02. The Balaban J connectivity index is 2.52. The molecule has 0 aromatic carbocycles. The number of nitrogens with one attached hydrogen (secondary N) is 1. The summed E-state index contributed by atoms with van der Waals surface area (Å²) in [6, 6.07) is 1.88. The zero-order valence-electron chi connectivity index (χ0n) is 10.6. The van der Waals surface area contributed by atoms with Gasteiger partial charge < -0.3 is 4.98 Å². The molecule has 2 nitrogen and oxygen atoms in total. The molecule has 0 aliphatic heterocycles. The number of rotatable bonds is 3. The Morgan fingerprint density at radius 1 is 1.56 bits per heavy atom. The summed E-state index contributed by atoms with van der Waals surface area (Å²) in [5.74, 6) is -0.581. The number of halogens is 2. The maximum absolute atomic E-state index is 13.9. The van der Waals surface area contributed by atoms with Crippen molar-refractivity contribution in [2.75, 3.05) is 0 Å². The number of H-pyrrole nitrogens is 1. The summed E-state index contributed by atoms with van der Waals surface area (Å²) in [4.78, 5) is 2.90. The van der Waals surface area contributed by atoms with E-state index < -0.39 is 16.9 Å². The van der Waals surface area contributed by atoms with E-state index in [0.717, 1.165) is 0 Å². The highest BCUT2D eigenvalue weighted by atomic mass is 19.1. The molecule has 1 fully saturated rings. The summed E-state index contributed by atoms with van der Waals surface area (Å²) in [6.45, 7) is 6.98. The number of nitriles is 1. The minimum Gasteiger partial charge on any atom is -0.355 e. The molecule has 18 heavy (non-hydrogen) atoms. The minimum absolute atomic E-state index is 0.00208. The second-order valence-electron chi connectivity index (χ2n) is 5.32. The van der Waals surface area contributed by atoms with Crippen LogP contribution in [0.3, 0.4) is 0 Å². The molecule has 0 atom stereocenters. The van der Waals surface area contributed by atoms with Crippen LogP contribution in [0.5, 0.6) is 0 Å². The number of hydrogen-bond donors (Lipinski definition) is 1. The zero-order valence-corrected chi connectivity index (χ0v) is 10.6. The predicted molar refractivity (Wildman–Crippen MR) is 66.3 cm³/mol. The van der Waals surface area contributed by atoms with E-state index >= 15 is 0 Å². The van der Waals surface area contributed by atoms with Crippen LogP contribution < -0.4 is 0 Å². The van der Waals surface area contributed by atoms with Gasteiger partial charge in [-0.1, -0.05) is 13.5 Å². The van der Waals surface area contributed by atoms with Gasteiger partial charge in [0, 0.05) is 11.1 Å². The standard InChI is InChI=1S/C14H16F2N2/c1-4-10-11(15)9(6-17)12(18-10)14(5-2)7-13(3,16)8-14/h4,18H,1,5,7-8H2,2-3H3. The van der Waals surface area contributed by atoms with Crippen LogP contribution in [0.1, 0.15) is 50.1 Å². The first-order chi connectivity index (χ1) is 8.39. The second-order valence-corrected chi connectivity index (χ2v) is 5.32. The molecule has 1 heterocycles. The van der Waals surface area contributed by atoms with Crippen molar-refractivity contribution in [3.05, 3.63) is 29.3 Å². The molecule has 96 valence electrons. The van der Waals surface area contributed by atoms with Crippen LogP contribution in [0.4, 0.5) is 8.78 Å². The molecule has 1 saturated carbocycles. The van der Waals surface area contributed by atoms with Crippen LogP contribution in [0.2, 0.25) is 0 Å². The smallest absolute Gasteiger partial charge is 0.166 e. The fourth-order valence-corrected chi connectivity index (χ4v) is 3.10. The molecule has 4 heteroatoms. The van der Waals surface area contributed by atoms with Crippen LogP contribution in [0, 0.1) is 17.1 Å². The van der Waals surface area contributed by atoms with Gasteiger partial charge in [0.05, 0.1) is 5.69 Å². The molecule has 0 radical (unpaired) electrons. The Morgan fingerprint density at radius 3 is 2.56 bits per heavy atom. The SMILES string of the molecule is C=Cc1[nH]c(C2(CC)CC(C)(F)C2)c(C#N)c1F. The van der Waals surface area contributed by atoms with E-state index in [1.54, 1.807) is 6.92 Å². The average molecular weight is 250 g/mol. The average Bonchev–Trinajstić information content (AvgIpc) is 2.62. The zero-order chi connectivity index (χ0) is 13.6. The van der Waals surface area contributed by atoms with Gasteiger partial charge in [-0.25, -0.2) is 8.78 Å². The van der Waals surface area contributed by atoms with Gasteiger partial charge in [0.15, 0.2) is 5.82 Å². The second kappa shape index (κ2) is 3.94. The Labute approximate surface area is 105 Å². The molecule has 1 N–H and O–H groups in total. The molecule has 0 spiro atoms. The van der Waals surface area contributed by atoms with Crippen LogP contribution in [-0.4, -0.2) is 10.7 Å². The van der Waals surface area contributed by atoms with E-state index in [-0.39, 0.29) is 11.3 Å². The molecule has 2 rings (SSSR count). The van der Waals surface area contributed by atoms with Crippen LogP contribution in [-0.2, 0) is 5.41 Å². The number of nitrogens with zero attached hydrogens (tertiary/aromatic N) is 1. The largest absolute Gasteiger partial charge is 0.355 e. The maximum Gasteiger partial charge on any atom is 0.166 e. The van der Waals surface area contributed by atoms with E-state index in [9.17, 15) is 8.78 Å². The highest BCUT2D eigenvalue weighted by Gasteiger charge is 2.54. The normalized spacial score (nSPS) is 30.6. The van der Waals surface area contributed by atoms with Crippen molar-refractivity contribution < 1.29 is 8.78 Å². The number of aromatic amines is 1. The summed E-state index contributed by atoms with van der Waals surface area (Å²) in [5.41, 5.74) is -0.936. The van der Waals surface area contributed by atoms with Gasteiger partial charge in [-0.2, -0.15) is 5.26 Å². The molecular weight excluding hydrogens is 234 g/mol. The van der Waals surface area contributed by atoms with Crippen LogP contribution >= 0.6 is 0 Å². The lowest BCUT2D eigenvalue weighted by atomic mass is 9.57. The van der Waals surface area contributed by atoms with Gasteiger partial charge in [0.25, 0.3) is 0 Å². The molecule has 1 aromatic rings.